The standard InChI is InChI=1S/C29H31F6N7O2/c1-5-21(43)41-6-7-42(15(3)11-41)27-18-10-19(31)22(26-23(29(33,34)35)14(2)8-20(36)37-26)24(32)25(18)38-28(39-27)44-13-17-9-16(30)12-40(17)4/h5,8,10,15-17H,1,6-7,9,11-13H2,2-4H3,(H2,36,37)/t15-,16+,17-/m0/s1. The number of piperazine rings is 1. The summed E-state index contributed by atoms with van der Waals surface area (Å²) in [7, 11) is 1.72. The lowest BCUT2D eigenvalue weighted by Crippen LogP contribution is -2.53. The summed E-state index contributed by atoms with van der Waals surface area (Å²) in [6, 6.07) is 0.773. The Morgan fingerprint density at radius 3 is 2.52 bits per heavy atom. The predicted octanol–water partition coefficient (Wildman–Crippen LogP) is 4.52. The topological polar surface area (TPSA) is 101 Å². The molecule has 0 aliphatic carbocycles. The highest BCUT2D eigenvalue weighted by Crippen LogP contribution is 2.43. The van der Waals surface area contributed by atoms with Gasteiger partial charge in [0, 0.05) is 43.6 Å². The highest BCUT2D eigenvalue weighted by molar-refractivity contribution is 5.94. The van der Waals surface area contributed by atoms with Crippen LogP contribution in [0.4, 0.5) is 38.0 Å². The van der Waals surface area contributed by atoms with Crippen molar-refractivity contribution in [2.75, 3.05) is 50.5 Å². The molecule has 0 saturated carbocycles. The summed E-state index contributed by atoms with van der Waals surface area (Å²) in [6.07, 6.45) is -4.68. The number of nitrogens with two attached hydrogens (primary N) is 1. The Bertz CT molecular complexity index is 1620. The van der Waals surface area contributed by atoms with Gasteiger partial charge in [0.1, 0.15) is 35.7 Å². The molecule has 2 aromatic heterocycles. The van der Waals surface area contributed by atoms with Gasteiger partial charge < -0.3 is 20.3 Å². The van der Waals surface area contributed by atoms with Crippen molar-refractivity contribution in [1.29, 1.82) is 0 Å². The van der Waals surface area contributed by atoms with Crippen molar-refractivity contribution in [1.82, 2.24) is 24.8 Å². The molecule has 2 saturated heterocycles. The molecule has 2 aliphatic heterocycles. The third-order valence-corrected chi connectivity index (χ3v) is 8.03. The van der Waals surface area contributed by atoms with Crippen molar-refractivity contribution >= 4 is 28.4 Å². The largest absolute Gasteiger partial charge is 0.462 e. The van der Waals surface area contributed by atoms with Crippen LogP contribution in [0.15, 0.2) is 24.8 Å². The van der Waals surface area contributed by atoms with Crippen LogP contribution in [0.2, 0.25) is 0 Å². The Morgan fingerprint density at radius 1 is 1.18 bits per heavy atom. The first-order valence-corrected chi connectivity index (χ1v) is 13.9. The Kier molecular flexibility index (Phi) is 8.35. The molecule has 1 amide bonds. The average molecular weight is 624 g/mol. The van der Waals surface area contributed by atoms with E-state index >= 15 is 8.78 Å². The van der Waals surface area contributed by atoms with E-state index < -0.39 is 52.4 Å². The first-order valence-electron chi connectivity index (χ1n) is 13.9. The molecule has 0 bridgehead atoms. The molecule has 1 aromatic carbocycles. The minimum atomic E-state index is -5.00. The summed E-state index contributed by atoms with van der Waals surface area (Å²) in [4.78, 5) is 29.5. The number of fused-ring (bicyclic) bond motifs is 1. The van der Waals surface area contributed by atoms with Gasteiger partial charge in [0.05, 0.1) is 16.8 Å². The Labute approximate surface area is 249 Å². The second kappa shape index (κ2) is 11.7. The summed E-state index contributed by atoms with van der Waals surface area (Å²) in [6.45, 7) is 7.24. The third kappa shape index (κ3) is 5.84. The number of rotatable bonds is 6. The zero-order valence-electron chi connectivity index (χ0n) is 24.3. The molecule has 0 radical (unpaired) electrons. The number of carbonyl (C=O) groups is 1. The first kappa shape index (κ1) is 31.3. The number of carbonyl (C=O) groups excluding carboxylic acids is 1. The normalized spacial score (nSPS) is 21.2. The Hall–Kier alpha value is -4.14. The van der Waals surface area contributed by atoms with Crippen LogP contribution in [0.25, 0.3) is 22.2 Å². The lowest BCUT2D eigenvalue weighted by atomic mass is 9.98. The van der Waals surface area contributed by atoms with E-state index in [4.69, 9.17) is 10.5 Å². The van der Waals surface area contributed by atoms with Crippen LogP contribution in [-0.4, -0.2) is 88.7 Å². The Balaban J connectivity index is 1.67. The third-order valence-electron chi connectivity index (χ3n) is 8.03. The van der Waals surface area contributed by atoms with Crippen molar-refractivity contribution in [3.8, 4) is 17.3 Å². The smallest absolute Gasteiger partial charge is 0.418 e. The fourth-order valence-electron chi connectivity index (χ4n) is 5.88. The number of hydrogen-bond acceptors (Lipinski definition) is 8. The van der Waals surface area contributed by atoms with Gasteiger partial charge in [0.15, 0.2) is 5.82 Å². The molecule has 15 heteroatoms. The first-order chi connectivity index (χ1) is 20.7. The highest BCUT2D eigenvalue weighted by atomic mass is 19.4. The number of amides is 1. The van der Waals surface area contributed by atoms with Gasteiger partial charge in [-0.25, -0.2) is 18.2 Å². The van der Waals surface area contributed by atoms with E-state index in [2.05, 4.69) is 21.5 Å². The second-order valence-electron chi connectivity index (χ2n) is 11.1. The monoisotopic (exact) mass is 623 g/mol. The number of aryl methyl sites for hydroxylation is 1. The number of aromatic nitrogens is 3. The molecule has 0 unspecified atom stereocenters. The van der Waals surface area contributed by atoms with E-state index in [1.54, 1.807) is 28.7 Å². The Morgan fingerprint density at radius 2 is 1.91 bits per heavy atom. The summed E-state index contributed by atoms with van der Waals surface area (Å²) in [5.74, 6) is -3.32. The van der Waals surface area contributed by atoms with Crippen LogP contribution >= 0.6 is 0 Å². The number of pyridine rings is 1. The van der Waals surface area contributed by atoms with E-state index in [0.717, 1.165) is 19.1 Å². The summed E-state index contributed by atoms with van der Waals surface area (Å²) >= 11 is 0. The van der Waals surface area contributed by atoms with Crippen molar-refractivity contribution in [2.45, 2.75) is 44.7 Å². The molecule has 44 heavy (non-hydrogen) atoms. The SMILES string of the molecule is C=CC(=O)N1CCN(c2nc(OC[C@@H]3C[C@@H](F)CN3C)nc3c(F)c(-c4nc(N)cc(C)c4C(F)(F)F)c(F)cc23)[C@@H](C)C1. The molecule has 5 rings (SSSR count). The molecule has 236 valence electrons. The lowest BCUT2D eigenvalue weighted by Gasteiger charge is -2.40. The van der Waals surface area contributed by atoms with Gasteiger partial charge in [-0.3, -0.25) is 9.69 Å². The van der Waals surface area contributed by atoms with Gasteiger partial charge in [-0.2, -0.15) is 23.1 Å². The lowest BCUT2D eigenvalue weighted by molar-refractivity contribution is -0.137. The van der Waals surface area contributed by atoms with E-state index in [1.807, 2.05) is 0 Å². The van der Waals surface area contributed by atoms with Crippen LogP contribution in [0, 0.1) is 18.6 Å². The molecule has 0 spiro atoms. The summed E-state index contributed by atoms with van der Waals surface area (Å²) < 4.78 is 94.2. The van der Waals surface area contributed by atoms with Gasteiger partial charge in [0.25, 0.3) is 0 Å². The number of nitrogen functional groups attached to an aromatic ring is 1. The quantitative estimate of drug-likeness (QED) is 0.316. The van der Waals surface area contributed by atoms with E-state index in [0.29, 0.717) is 0 Å². The minimum absolute atomic E-state index is 0.0527. The van der Waals surface area contributed by atoms with Crippen LogP contribution in [0.3, 0.4) is 0 Å². The fourth-order valence-corrected chi connectivity index (χ4v) is 5.88. The van der Waals surface area contributed by atoms with Crippen LogP contribution in [-0.2, 0) is 11.0 Å². The van der Waals surface area contributed by atoms with Crippen molar-refractivity contribution < 1.29 is 35.9 Å². The summed E-state index contributed by atoms with van der Waals surface area (Å²) in [5.41, 5.74) is 1.44. The van der Waals surface area contributed by atoms with Gasteiger partial charge >= 0.3 is 12.2 Å². The minimum Gasteiger partial charge on any atom is -0.462 e. The maximum absolute atomic E-state index is 16.4. The highest BCUT2D eigenvalue weighted by Gasteiger charge is 2.39. The molecule has 4 heterocycles. The maximum atomic E-state index is 16.4. The van der Waals surface area contributed by atoms with E-state index in [1.165, 1.54) is 6.08 Å². The van der Waals surface area contributed by atoms with E-state index in [-0.39, 0.29) is 79.8 Å². The number of alkyl halides is 4. The molecular formula is C29H31F6N7O2. The number of benzene rings is 1. The number of halogens is 6. The molecule has 3 aromatic rings. The molecular weight excluding hydrogens is 592 g/mol. The van der Waals surface area contributed by atoms with E-state index in [9.17, 15) is 22.4 Å². The number of nitrogens with zero attached hydrogens (tertiary/aromatic N) is 6. The van der Waals surface area contributed by atoms with Crippen LogP contribution < -0.4 is 15.4 Å². The van der Waals surface area contributed by atoms with Crippen molar-refractivity contribution in [3.05, 3.63) is 47.5 Å². The number of likely N-dealkylation sites (N-methyl/N-ethyl adjacent to an activating group) is 1. The fraction of sp³-hybridized carbons (Fsp3) is 0.448. The predicted molar refractivity (Wildman–Crippen MR) is 152 cm³/mol. The van der Waals surface area contributed by atoms with Crippen molar-refractivity contribution in [3.63, 3.8) is 0 Å². The van der Waals surface area contributed by atoms with Gasteiger partial charge in [-0.05, 0) is 51.1 Å². The second-order valence-corrected chi connectivity index (χ2v) is 11.1. The zero-order chi connectivity index (χ0) is 32.1. The molecule has 3 atom stereocenters. The van der Waals surface area contributed by atoms with Crippen LogP contribution in [0.5, 0.6) is 6.01 Å². The van der Waals surface area contributed by atoms with Gasteiger partial charge in [-0.1, -0.05) is 6.58 Å². The van der Waals surface area contributed by atoms with Crippen molar-refractivity contribution in [2.24, 2.45) is 0 Å². The maximum Gasteiger partial charge on any atom is 0.418 e. The van der Waals surface area contributed by atoms with Gasteiger partial charge in [-0.15, -0.1) is 0 Å². The molecule has 9 nitrogen and oxygen atoms in total. The number of likely N-dealkylation sites (tertiary alicyclic amines) is 1. The average Bonchev–Trinajstić information content (AvgIpc) is 3.26. The molecule has 2 N–H and O–H groups in total. The van der Waals surface area contributed by atoms with Gasteiger partial charge in [0.2, 0.25) is 5.91 Å². The van der Waals surface area contributed by atoms with Crippen LogP contribution in [0.1, 0.15) is 24.5 Å². The number of ether oxygens (including phenoxy) is 1. The molecule has 2 aliphatic rings. The summed E-state index contributed by atoms with van der Waals surface area (Å²) in [5, 5.41) is -0.123. The number of hydrogen-bond donors (Lipinski definition) is 1. The molecule has 2 fully saturated rings. The zero-order valence-corrected chi connectivity index (χ0v) is 24.3. The number of anilines is 2.